The number of aromatic nitrogens is 1. The van der Waals surface area contributed by atoms with Gasteiger partial charge in [0, 0.05) is 42.1 Å². The standard InChI is InChI=1S/C20H28N4O2/c1-13(2)23-20(26)18-10-15(21)12-24(18)19(25)9-5-6-14-11-22-17-8-4-3-7-16(14)17/h3-4,7-8,11,13,15,18,22H,5-6,9-10,12,21H2,1-2H3,(H,23,26)/t15-,18-/m0/s1. The highest BCUT2D eigenvalue weighted by Gasteiger charge is 2.37. The van der Waals surface area contributed by atoms with Crippen molar-refractivity contribution in [2.75, 3.05) is 6.54 Å². The number of likely N-dealkylation sites (tertiary alicyclic amines) is 1. The predicted octanol–water partition coefficient (Wildman–Crippen LogP) is 1.94. The first kappa shape index (κ1) is 18.5. The summed E-state index contributed by atoms with van der Waals surface area (Å²) in [7, 11) is 0. The number of amides is 2. The Kier molecular flexibility index (Phi) is 5.61. The Morgan fingerprint density at radius 2 is 2.12 bits per heavy atom. The van der Waals surface area contributed by atoms with Gasteiger partial charge in [-0.15, -0.1) is 0 Å². The molecule has 0 spiro atoms. The zero-order valence-corrected chi connectivity index (χ0v) is 15.5. The summed E-state index contributed by atoms with van der Waals surface area (Å²) in [4.78, 5) is 30.0. The number of carbonyl (C=O) groups excluding carboxylic acids is 2. The van der Waals surface area contributed by atoms with Crippen LogP contribution < -0.4 is 11.1 Å². The number of benzene rings is 1. The number of nitrogens with one attached hydrogen (secondary N) is 2. The zero-order valence-electron chi connectivity index (χ0n) is 15.5. The smallest absolute Gasteiger partial charge is 0.243 e. The molecule has 4 N–H and O–H groups in total. The van der Waals surface area contributed by atoms with Crippen molar-refractivity contribution in [1.82, 2.24) is 15.2 Å². The topological polar surface area (TPSA) is 91.2 Å². The number of carbonyl (C=O) groups is 2. The molecule has 6 heteroatoms. The van der Waals surface area contributed by atoms with E-state index in [1.165, 1.54) is 10.9 Å². The maximum Gasteiger partial charge on any atom is 0.243 e. The van der Waals surface area contributed by atoms with Crippen LogP contribution in [0.3, 0.4) is 0 Å². The zero-order chi connectivity index (χ0) is 18.7. The summed E-state index contributed by atoms with van der Waals surface area (Å²) in [5, 5.41) is 4.10. The van der Waals surface area contributed by atoms with Crippen LogP contribution in [0.2, 0.25) is 0 Å². The molecule has 2 amide bonds. The third-order valence-electron chi connectivity index (χ3n) is 4.90. The summed E-state index contributed by atoms with van der Waals surface area (Å²) in [6.45, 7) is 4.29. The quantitative estimate of drug-likeness (QED) is 0.739. The van der Waals surface area contributed by atoms with E-state index < -0.39 is 6.04 Å². The minimum atomic E-state index is -0.437. The number of nitrogens with zero attached hydrogens (tertiary/aromatic N) is 1. The minimum Gasteiger partial charge on any atom is -0.361 e. The summed E-state index contributed by atoms with van der Waals surface area (Å²) < 4.78 is 0. The Morgan fingerprint density at radius 1 is 1.35 bits per heavy atom. The van der Waals surface area contributed by atoms with E-state index in [1.807, 2.05) is 38.2 Å². The number of fused-ring (bicyclic) bond motifs is 1. The van der Waals surface area contributed by atoms with E-state index in [9.17, 15) is 9.59 Å². The van der Waals surface area contributed by atoms with Crippen molar-refractivity contribution >= 4 is 22.7 Å². The Balaban J connectivity index is 1.57. The molecular formula is C20H28N4O2. The second-order valence-corrected chi connectivity index (χ2v) is 7.43. The van der Waals surface area contributed by atoms with Crippen molar-refractivity contribution in [3.63, 3.8) is 0 Å². The lowest BCUT2D eigenvalue weighted by Gasteiger charge is -2.24. The number of H-pyrrole nitrogens is 1. The fourth-order valence-electron chi connectivity index (χ4n) is 3.69. The molecule has 140 valence electrons. The van der Waals surface area contributed by atoms with Crippen molar-refractivity contribution in [2.24, 2.45) is 5.73 Å². The van der Waals surface area contributed by atoms with Crippen LogP contribution in [0.25, 0.3) is 10.9 Å². The van der Waals surface area contributed by atoms with E-state index in [0.717, 1.165) is 18.4 Å². The van der Waals surface area contributed by atoms with Crippen molar-refractivity contribution in [3.8, 4) is 0 Å². The molecule has 0 saturated carbocycles. The van der Waals surface area contributed by atoms with Crippen LogP contribution >= 0.6 is 0 Å². The molecule has 1 aliphatic rings. The third-order valence-corrected chi connectivity index (χ3v) is 4.90. The molecule has 1 aliphatic heterocycles. The van der Waals surface area contributed by atoms with Crippen molar-refractivity contribution in [1.29, 1.82) is 0 Å². The number of nitrogens with two attached hydrogens (primary N) is 1. The number of para-hydroxylation sites is 1. The molecule has 0 radical (unpaired) electrons. The molecule has 3 rings (SSSR count). The maximum absolute atomic E-state index is 12.7. The number of rotatable bonds is 6. The van der Waals surface area contributed by atoms with Crippen LogP contribution in [-0.4, -0.2) is 46.4 Å². The van der Waals surface area contributed by atoms with Gasteiger partial charge in [0.2, 0.25) is 11.8 Å². The van der Waals surface area contributed by atoms with Crippen molar-refractivity contribution < 1.29 is 9.59 Å². The van der Waals surface area contributed by atoms with Gasteiger partial charge in [-0.25, -0.2) is 0 Å². The molecule has 0 aliphatic carbocycles. The molecule has 2 atom stereocenters. The Labute approximate surface area is 154 Å². The summed E-state index contributed by atoms with van der Waals surface area (Å²) in [5.41, 5.74) is 8.35. The van der Waals surface area contributed by atoms with Gasteiger partial charge in [-0.05, 0) is 44.7 Å². The van der Waals surface area contributed by atoms with Crippen LogP contribution in [0.15, 0.2) is 30.5 Å². The first-order valence-corrected chi connectivity index (χ1v) is 9.36. The second kappa shape index (κ2) is 7.91. The average Bonchev–Trinajstić information content (AvgIpc) is 3.18. The molecule has 2 heterocycles. The van der Waals surface area contributed by atoms with Crippen LogP contribution in [-0.2, 0) is 16.0 Å². The normalized spacial score (nSPS) is 20.1. The third kappa shape index (κ3) is 4.07. The first-order chi connectivity index (χ1) is 12.5. The van der Waals surface area contributed by atoms with Gasteiger partial charge in [0.25, 0.3) is 0 Å². The Hall–Kier alpha value is -2.34. The van der Waals surface area contributed by atoms with Gasteiger partial charge in [-0.2, -0.15) is 0 Å². The number of aromatic amines is 1. The summed E-state index contributed by atoms with van der Waals surface area (Å²) in [6.07, 6.45) is 4.56. The van der Waals surface area contributed by atoms with E-state index in [-0.39, 0.29) is 23.9 Å². The average molecular weight is 356 g/mol. The predicted molar refractivity (Wildman–Crippen MR) is 103 cm³/mol. The fraction of sp³-hybridized carbons (Fsp3) is 0.500. The number of hydrogen-bond donors (Lipinski definition) is 3. The molecule has 1 aromatic carbocycles. The molecule has 0 bridgehead atoms. The fourth-order valence-corrected chi connectivity index (χ4v) is 3.69. The summed E-state index contributed by atoms with van der Waals surface area (Å²) in [6, 6.07) is 7.66. The van der Waals surface area contributed by atoms with E-state index in [2.05, 4.69) is 16.4 Å². The lowest BCUT2D eigenvalue weighted by molar-refractivity contribution is -0.138. The van der Waals surface area contributed by atoms with E-state index in [1.54, 1.807) is 4.90 Å². The molecule has 1 saturated heterocycles. The van der Waals surface area contributed by atoms with Gasteiger partial charge in [-0.3, -0.25) is 9.59 Å². The van der Waals surface area contributed by atoms with Crippen molar-refractivity contribution in [3.05, 3.63) is 36.0 Å². The Bertz CT molecular complexity index is 783. The number of aryl methyl sites for hydroxylation is 1. The highest BCUT2D eigenvalue weighted by atomic mass is 16.2. The molecule has 6 nitrogen and oxygen atoms in total. The number of hydrogen-bond acceptors (Lipinski definition) is 3. The largest absolute Gasteiger partial charge is 0.361 e. The van der Waals surface area contributed by atoms with Gasteiger partial charge < -0.3 is 20.9 Å². The van der Waals surface area contributed by atoms with Gasteiger partial charge >= 0.3 is 0 Å². The van der Waals surface area contributed by atoms with Crippen LogP contribution in [0.5, 0.6) is 0 Å². The minimum absolute atomic E-state index is 0.0155. The van der Waals surface area contributed by atoms with Gasteiger partial charge in [0.05, 0.1) is 0 Å². The van der Waals surface area contributed by atoms with E-state index in [4.69, 9.17) is 5.73 Å². The van der Waals surface area contributed by atoms with Crippen molar-refractivity contribution in [2.45, 2.75) is 57.7 Å². The molecule has 2 aromatic rings. The van der Waals surface area contributed by atoms with Gasteiger partial charge in [0.1, 0.15) is 6.04 Å². The molecule has 0 unspecified atom stereocenters. The summed E-state index contributed by atoms with van der Waals surface area (Å²) >= 11 is 0. The maximum atomic E-state index is 12.7. The first-order valence-electron chi connectivity index (χ1n) is 9.36. The highest BCUT2D eigenvalue weighted by molar-refractivity contribution is 5.88. The lowest BCUT2D eigenvalue weighted by atomic mass is 10.1. The van der Waals surface area contributed by atoms with Gasteiger partial charge in [-0.1, -0.05) is 18.2 Å². The summed E-state index contributed by atoms with van der Waals surface area (Å²) in [5.74, 6) is -0.0837. The van der Waals surface area contributed by atoms with E-state index in [0.29, 0.717) is 19.4 Å². The molecule has 1 aromatic heterocycles. The SMILES string of the molecule is CC(C)NC(=O)[C@@H]1C[C@H](N)CN1C(=O)CCCc1c[nH]c2ccccc12. The van der Waals surface area contributed by atoms with Gasteiger partial charge in [0.15, 0.2) is 0 Å². The van der Waals surface area contributed by atoms with Crippen LogP contribution in [0.1, 0.15) is 38.7 Å². The molecule has 26 heavy (non-hydrogen) atoms. The Morgan fingerprint density at radius 3 is 2.88 bits per heavy atom. The van der Waals surface area contributed by atoms with E-state index >= 15 is 0 Å². The highest BCUT2D eigenvalue weighted by Crippen LogP contribution is 2.22. The monoisotopic (exact) mass is 356 g/mol. The van der Waals surface area contributed by atoms with Crippen LogP contribution in [0, 0.1) is 0 Å². The molecule has 1 fully saturated rings. The molecular weight excluding hydrogens is 328 g/mol. The van der Waals surface area contributed by atoms with Crippen LogP contribution in [0.4, 0.5) is 0 Å². The lowest BCUT2D eigenvalue weighted by Crippen LogP contribution is -2.47. The second-order valence-electron chi connectivity index (χ2n) is 7.43.